The van der Waals surface area contributed by atoms with Crippen molar-refractivity contribution in [3.63, 3.8) is 0 Å². The highest BCUT2D eigenvalue weighted by molar-refractivity contribution is 7.99. The first-order valence-corrected chi connectivity index (χ1v) is 8.20. The summed E-state index contributed by atoms with van der Waals surface area (Å²) >= 11 is 0.514. The van der Waals surface area contributed by atoms with Gasteiger partial charge in [0.1, 0.15) is 0 Å². The highest BCUT2D eigenvalue weighted by Gasteiger charge is 2.28. The van der Waals surface area contributed by atoms with Crippen molar-refractivity contribution in [3.8, 4) is 0 Å². The summed E-state index contributed by atoms with van der Waals surface area (Å²) in [5, 5.41) is 2.57. The molecule has 0 unspecified atom stereocenters. The van der Waals surface area contributed by atoms with Gasteiger partial charge in [-0.3, -0.25) is 4.79 Å². The van der Waals surface area contributed by atoms with Crippen LogP contribution in [0.25, 0.3) is 0 Å². The number of alkyl halides is 3. The molecule has 0 aliphatic carbocycles. The minimum absolute atomic E-state index is 0.0891. The van der Waals surface area contributed by atoms with Gasteiger partial charge in [0, 0.05) is 4.90 Å². The van der Waals surface area contributed by atoms with Gasteiger partial charge in [-0.1, -0.05) is 18.2 Å². The van der Waals surface area contributed by atoms with E-state index in [1.165, 1.54) is 30.3 Å². The number of thioether (sulfide) groups is 1. The maximum Gasteiger partial charge on any atom is 0.398 e. The summed E-state index contributed by atoms with van der Waals surface area (Å²) in [5.41, 5.74) is 0.429. The van der Waals surface area contributed by atoms with Crippen LogP contribution in [0, 0.1) is 11.6 Å². The van der Waals surface area contributed by atoms with Gasteiger partial charge < -0.3 is 5.32 Å². The maximum absolute atomic E-state index is 13.3. The van der Waals surface area contributed by atoms with E-state index in [0.29, 0.717) is 17.3 Å². The summed E-state index contributed by atoms with van der Waals surface area (Å²) < 4.78 is 63.4. The van der Waals surface area contributed by atoms with Gasteiger partial charge in [-0.25, -0.2) is 8.78 Å². The summed E-state index contributed by atoms with van der Waals surface area (Å²) in [6.45, 7) is 1.57. The Hall–Kier alpha value is -2.09. The zero-order valence-corrected chi connectivity index (χ0v) is 13.8. The summed E-state index contributed by atoms with van der Waals surface area (Å²) in [6, 6.07) is 8.49. The van der Waals surface area contributed by atoms with Crippen molar-refractivity contribution >= 4 is 17.7 Å². The van der Waals surface area contributed by atoms with E-state index in [1.807, 2.05) is 0 Å². The van der Waals surface area contributed by atoms with E-state index >= 15 is 0 Å². The number of hydrogen-bond donors (Lipinski definition) is 1. The lowest BCUT2D eigenvalue weighted by Gasteiger charge is -2.16. The standard InChI is InChI=1S/C17H14F5NOS/c1-10(11-6-7-13(18)14(19)8-11)23-16(24)12-4-2-3-5-15(12)25-9-17(20,21)22/h2-8,10H,9H2,1H3,(H,23,24)/t10-/m1/s1. The molecule has 2 aromatic carbocycles. The van der Waals surface area contributed by atoms with Crippen molar-refractivity contribution in [3.05, 3.63) is 65.2 Å². The van der Waals surface area contributed by atoms with Gasteiger partial charge in [-0.15, -0.1) is 11.8 Å². The van der Waals surface area contributed by atoms with E-state index in [9.17, 15) is 26.7 Å². The van der Waals surface area contributed by atoms with Crippen molar-refractivity contribution in [2.75, 3.05) is 5.75 Å². The lowest BCUT2D eigenvalue weighted by atomic mass is 10.1. The molecule has 8 heteroatoms. The number of benzene rings is 2. The third-order valence-electron chi connectivity index (χ3n) is 3.31. The first-order valence-electron chi connectivity index (χ1n) is 7.22. The van der Waals surface area contributed by atoms with Crippen LogP contribution in [0.2, 0.25) is 0 Å². The zero-order chi connectivity index (χ0) is 18.6. The van der Waals surface area contributed by atoms with E-state index < -0.39 is 35.5 Å². The van der Waals surface area contributed by atoms with Crippen LogP contribution in [-0.4, -0.2) is 17.8 Å². The van der Waals surface area contributed by atoms with Crippen molar-refractivity contribution in [2.45, 2.75) is 24.0 Å². The molecule has 0 bridgehead atoms. The Morgan fingerprint density at radius 3 is 2.44 bits per heavy atom. The third kappa shape index (κ3) is 5.45. The van der Waals surface area contributed by atoms with Gasteiger partial charge in [-0.05, 0) is 36.8 Å². The molecular formula is C17H14F5NOS. The minimum Gasteiger partial charge on any atom is -0.345 e. The fourth-order valence-electron chi connectivity index (χ4n) is 2.08. The number of halogens is 5. The molecule has 0 saturated carbocycles. The molecular weight excluding hydrogens is 361 g/mol. The molecule has 0 aromatic heterocycles. The Kier molecular flexibility index (Phi) is 6.05. The highest BCUT2D eigenvalue weighted by atomic mass is 32.2. The number of nitrogens with one attached hydrogen (secondary N) is 1. The van der Waals surface area contributed by atoms with E-state index in [1.54, 1.807) is 6.92 Å². The molecule has 1 atom stereocenters. The van der Waals surface area contributed by atoms with E-state index in [-0.39, 0.29) is 10.5 Å². The monoisotopic (exact) mass is 375 g/mol. The van der Waals surface area contributed by atoms with E-state index in [4.69, 9.17) is 0 Å². The minimum atomic E-state index is -4.35. The number of rotatable bonds is 5. The quantitative estimate of drug-likeness (QED) is 0.581. The second-order valence-electron chi connectivity index (χ2n) is 5.27. The third-order valence-corrected chi connectivity index (χ3v) is 4.45. The largest absolute Gasteiger partial charge is 0.398 e. The first-order chi connectivity index (χ1) is 11.7. The predicted octanol–water partition coefficient (Wildman–Crippen LogP) is 5.11. The van der Waals surface area contributed by atoms with Gasteiger partial charge in [0.05, 0.1) is 17.4 Å². The average Bonchev–Trinajstić information content (AvgIpc) is 2.55. The molecule has 0 fully saturated rings. The number of carbonyl (C=O) groups is 1. The van der Waals surface area contributed by atoms with Crippen molar-refractivity contribution in [1.29, 1.82) is 0 Å². The van der Waals surface area contributed by atoms with Crippen molar-refractivity contribution in [1.82, 2.24) is 5.32 Å². The fraction of sp³-hybridized carbons (Fsp3) is 0.235. The predicted molar refractivity (Wildman–Crippen MR) is 85.5 cm³/mol. The molecule has 2 nitrogen and oxygen atoms in total. The molecule has 0 aliphatic rings. The average molecular weight is 375 g/mol. The first kappa shape index (κ1) is 19.2. The number of carbonyl (C=O) groups excluding carboxylic acids is 1. The Balaban J connectivity index is 2.13. The molecule has 2 aromatic rings. The highest BCUT2D eigenvalue weighted by Crippen LogP contribution is 2.29. The van der Waals surface area contributed by atoms with Gasteiger partial charge in [0.25, 0.3) is 5.91 Å². The second-order valence-corrected chi connectivity index (χ2v) is 6.29. The molecule has 0 saturated heterocycles. The molecule has 0 radical (unpaired) electrons. The molecule has 0 aliphatic heterocycles. The molecule has 1 amide bonds. The summed E-state index contributed by atoms with van der Waals surface area (Å²) in [5.74, 6) is -3.76. The summed E-state index contributed by atoms with van der Waals surface area (Å²) in [6.07, 6.45) is -4.35. The topological polar surface area (TPSA) is 29.1 Å². The van der Waals surface area contributed by atoms with Crippen LogP contribution in [-0.2, 0) is 0 Å². The Morgan fingerprint density at radius 1 is 1.12 bits per heavy atom. The van der Waals surface area contributed by atoms with E-state index in [2.05, 4.69) is 5.32 Å². The van der Waals surface area contributed by atoms with Crippen molar-refractivity contribution in [2.24, 2.45) is 0 Å². The molecule has 0 spiro atoms. The van der Waals surface area contributed by atoms with Crippen LogP contribution in [0.3, 0.4) is 0 Å². The van der Waals surface area contributed by atoms with E-state index in [0.717, 1.165) is 12.1 Å². The number of amides is 1. The van der Waals surface area contributed by atoms with Crippen LogP contribution >= 0.6 is 11.8 Å². The zero-order valence-electron chi connectivity index (χ0n) is 13.0. The van der Waals surface area contributed by atoms with Gasteiger partial charge in [0.2, 0.25) is 0 Å². The Labute approximate surface area is 145 Å². The Morgan fingerprint density at radius 2 is 1.80 bits per heavy atom. The smallest absolute Gasteiger partial charge is 0.345 e. The van der Waals surface area contributed by atoms with Crippen LogP contribution in [0.4, 0.5) is 22.0 Å². The van der Waals surface area contributed by atoms with Crippen LogP contribution in [0.5, 0.6) is 0 Å². The van der Waals surface area contributed by atoms with Crippen LogP contribution in [0.1, 0.15) is 28.9 Å². The Bertz CT molecular complexity index is 763. The van der Waals surface area contributed by atoms with Crippen molar-refractivity contribution < 1.29 is 26.7 Å². The summed E-state index contributed by atoms with van der Waals surface area (Å²) in [7, 11) is 0. The van der Waals surface area contributed by atoms with Gasteiger partial charge in [0.15, 0.2) is 11.6 Å². The van der Waals surface area contributed by atoms with Gasteiger partial charge >= 0.3 is 6.18 Å². The SMILES string of the molecule is C[C@@H](NC(=O)c1ccccc1SCC(F)(F)F)c1ccc(F)c(F)c1. The molecule has 2 rings (SSSR count). The normalized spacial score (nSPS) is 12.7. The number of hydrogen-bond acceptors (Lipinski definition) is 2. The van der Waals surface area contributed by atoms with Crippen LogP contribution in [0.15, 0.2) is 47.4 Å². The lowest BCUT2D eigenvalue weighted by molar-refractivity contribution is -0.105. The fourth-order valence-corrected chi connectivity index (χ4v) is 2.89. The van der Waals surface area contributed by atoms with Gasteiger partial charge in [-0.2, -0.15) is 13.2 Å². The lowest BCUT2D eigenvalue weighted by Crippen LogP contribution is -2.27. The molecule has 1 N–H and O–H groups in total. The maximum atomic E-state index is 13.3. The molecule has 134 valence electrons. The molecule has 25 heavy (non-hydrogen) atoms. The molecule has 0 heterocycles. The second kappa shape index (κ2) is 7.86. The van der Waals surface area contributed by atoms with Crippen LogP contribution < -0.4 is 5.32 Å². The summed E-state index contributed by atoms with van der Waals surface area (Å²) in [4.78, 5) is 12.5.